The molecule has 1 atom stereocenters. The standard InChI is InChI=1S/C15H22FN/c1-11(15(2,3)4)14(10-17-5)12-6-8-13(16)9-7-12/h6-9,14,17H,1,10H2,2-5H3. The second-order valence-electron chi connectivity index (χ2n) is 5.44. The molecule has 0 radical (unpaired) electrons. The van der Waals surface area contributed by atoms with Gasteiger partial charge in [-0.25, -0.2) is 4.39 Å². The molecule has 1 rings (SSSR count). The molecule has 0 spiro atoms. The molecule has 0 aliphatic rings. The molecule has 2 heteroatoms. The van der Waals surface area contributed by atoms with Crippen LogP contribution >= 0.6 is 0 Å². The van der Waals surface area contributed by atoms with E-state index in [1.807, 2.05) is 19.2 Å². The Balaban J connectivity index is 3.01. The van der Waals surface area contributed by atoms with Crippen LogP contribution in [-0.2, 0) is 0 Å². The summed E-state index contributed by atoms with van der Waals surface area (Å²) in [6.07, 6.45) is 0. The van der Waals surface area contributed by atoms with Gasteiger partial charge in [0.05, 0.1) is 0 Å². The van der Waals surface area contributed by atoms with Crippen molar-refractivity contribution in [2.24, 2.45) is 5.41 Å². The van der Waals surface area contributed by atoms with E-state index in [4.69, 9.17) is 0 Å². The molecule has 17 heavy (non-hydrogen) atoms. The van der Waals surface area contributed by atoms with E-state index in [0.29, 0.717) is 0 Å². The second-order valence-corrected chi connectivity index (χ2v) is 5.44. The molecular weight excluding hydrogens is 213 g/mol. The molecule has 94 valence electrons. The van der Waals surface area contributed by atoms with Gasteiger partial charge >= 0.3 is 0 Å². The lowest BCUT2D eigenvalue weighted by Crippen LogP contribution is -2.24. The lowest BCUT2D eigenvalue weighted by Gasteiger charge is -2.30. The number of likely N-dealkylation sites (N-methyl/N-ethyl adjacent to an activating group) is 1. The fourth-order valence-electron chi connectivity index (χ4n) is 1.86. The van der Waals surface area contributed by atoms with E-state index in [9.17, 15) is 4.39 Å². The third-order valence-electron chi connectivity index (χ3n) is 3.06. The average Bonchev–Trinajstić information content (AvgIpc) is 2.25. The Morgan fingerprint density at radius 3 is 2.24 bits per heavy atom. The van der Waals surface area contributed by atoms with Gasteiger partial charge in [0.15, 0.2) is 0 Å². The van der Waals surface area contributed by atoms with Crippen LogP contribution in [0.25, 0.3) is 0 Å². The van der Waals surface area contributed by atoms with Crippen LogP contribution in [0, 0.1) is 11.2 Å². The molecule has 0 aromatic heterocycles. The third-order valence-corrected chi connectivity index (χ3v) is 3.06. The largest absolute Gasteiger partial charge is 0.319 e. The van der Waals surface area contributed by atoms with E-state index in [2.05, 4.69) is 32.7 Å². The summed E-state index contributed by atoms with van der Waals surface area (Å²) in [5.74, 6) is 0.0268. The zero-order valence-corrected chi connectivity index (χ0v) is 11.2. The van der Waals surface area contributed by atoms with E-state index in [1.165, 1.54) is 17.7 Å². The van der Waals surface area contributed by atoms with Crippen molar-refractivity contribution in [2.75, 3.05) is 13.6 Å². The third kappa shape index (κ3) is 3.67. The Hall–Kier alpha value is -1.15. The SMILES string of the molecule is C=C(C(CNC)c1ccc(F)cc1)C(C)(C)C. The van der Waals surface area contributed by atoms with Crippen LogP contribution in [0.5, 0.6) is 0 Å². The molecule has 1 aromatic carbocycles. The van der Waals surface area contributed by atoms with Crippen LogP contribution in [0.2, 0.25) is 0 Å². The maximum Gasteiger partial charge on any atom is 0.123 e. The van der Waals surface area contributed by atoms with E-state index < -0.39 is 0 Å². The predicted octanol–water partition coefficient (Wildman–Crippen LogP) is 3.73. The lowest BCUT2D eigenvalue weighted by atomic mass is 9.77. The van der Waals surface area contributed by atoms with Gasteiger partial charge in [-0.3, -0.25) is 0 Å². The van der Waals surface area contributed by atoms with Gasteiger partial charge < -0.3 is 5.32 Å². The number of nitrogens with one attached hydrogen (secondary N) is 1. The lowest BCUT2D eigenvalue weighted by molar-refractivity contribution is 0.458. The zero-order valence-electron chi connectivity index (χ0n) is 11.2. The van der Waals surface area contributed by atoms with E-state index in [0.717, 1.165) is 12.1 Å². The van der Waals surface area contributed by atoms with E-state index in [-0.39, 0.29) is 17.2 Å². The molecule has 0 aliphatic heterocycles. The Morgan fingerprint density at radius 1 is 1.29 bits per heavy atom. The van der Waals surface area contributed by atoms with Crippen LogP contribution < -0.4 is 5.32 Å². The smallest absolute Gasteiger partial charge is 0.123 e. The molecule has 1 unspecified atom stereocenters. The van der Waals surface area contributed by atoms with Gasteiger partial charge in [0, 0.05) is 12.5 Å². The van der Waals surface area contributed by atoms with E-state index in [1.54, 1.807) is 0 Å². The Kier molecular flexibility index (Phi) is 4.47. The minimum atomic E-state index is -0.196. The van der Waals surface area contributed by atoms with Crippen molar-refractivity contribution < 1.29 is 4.39 Å². The van der Waals surface area contributed by atoms with Crippen molar-refractivity contribution >= 4 is 0 Å². The summed E-state index contributed by atoms with van der Waals surface area (Å²) in [7, 11) is 1.92. The highest BCUT2D eigenvalue weighted by Crippen LogP contribution is 2.35. The first-order valence-corrected chi connectivity index (χ1v) is 5.95. The summed E-state index contributed by atoms with van der Waals surface area (Å²) < 4.78 is 12.9. The maximum atomic E-state index is 12.9. The van der Waals surface area contributed by atoms with Gasteiger partial charge in [0.2, 0.25) is 0 Å². The summed E-state index contributed by atoms with van der Waals surface area (Å²) in [6.45, 7) is 11.5. The summed E-state index contributed by atoms with van der Waals surface area (Å²) in [5, 5.41) is 3.18. The first-order chi connectivity index (χ1) is 7.86. The zero-order chi connectivity index (χ0) is 13.1. The molecular formula is C15H22FN. The molecule has 0 bridgehead atoms. The quantitative estimate of drug-likeness (QED) is 0.784. The van der Waals surface area contributed by atoms with Gasteiger partial charge in [0.25, 0.3) is 0 Å². The summed E-state index contributed by atoms with van der Waals surface area (Å²) >= 11 is 0. The molecule has 1 nitrogen and oxygen atoms in total. The van der Waals surface area contributed by atoms with Gasteiger partial charge in [-0.15, -0.1) is 0 Å². The molecule has 0 heterocycles. The van der Waals surface area contributed by atoms with Crippen molar-refractivity contribution in [3.05, 3.63) is 47.8 Å². The van der Waals surface area contributed by atoms with Crippen molar-refractivity contribution in [3.8, 4) is 0 Å². The first-order valence-electron chi connectivity index (χ1n) is 5.95. The van der Waals surface area contributed by atoms with Crippen molar-refractivity contribution in [1.82, 2.24) is 5.32 Å². The normalized spacial score (nSPS) is 13.5. The molecule has 0 fully saturated rings. The number of hydrogen-bond acceptors (Lipinski definition) is 1. The van der Waals surface area contributed by atoms with Crippen LogP contribution in [0.15, 0.2) is 36.4 Å². The highest BCUT2D eigenvalue weighted by Gasteiger charge is 2.24. The predicted molar refractivity (Wildman–Crippen MR) is 71.7 cm³/mol. The average molecular weight is 235 g/mol. The molecule has 0 saturated carbocycles. The Morgan fingerprint density at radius 2 is 1.82 bits per heavy atom. The Bertz CT molecular complexity index is 373. The van der Waals surface area contributed by atoms with Crippen molar-refractivity contribution in [1.29, 1.82) is 0 Å². The molecule has 0 saturated heterocycles. The summed E-state index contributed by atoms with van der Waals surface area (Å²) in [4.78, 5) is 0. The summed E-state index contributed by atoms with van der Waals surface area (Å²) in [6, 6.07) is 6.70. The summed E-state index contributed by atoms with van der Waals surface area (Å²) in [5.41, 5.74) is 2.33. The fraction of sp³-hybridized carbons (Fsp3) is 0.467. The van der Waals surface area contributed by atoms with Crippen molar-refractivity contribution in [3.63, 3.8) is 0 Å². The van der Waals surface area contributed by atoms with Gasteiger partial charge in [-0.2, -0.15) is 0 Å². The molecule has 0 amide bonds. The van der Waals surface area contributed by atoms with Gasteiger partial charge in [-0.05, 0) is 30.2 Å². The van der Waals surface area contributed by atoms with Gasteiger partial charge in [-0.1, -0.05) is 45.1 Å². The minimum Gasteiger partial charge on any atom is -0.319 e. The number of rotatable bonds is 4. The number of benzene rings is 1. The van der Waals surface area contributed by atoms with Crippen LogP contribution in [0.1, 0.15) is 32.3 Å². The van der Waals surface area contributed by atoms with Crippen molar-refractivity contribution in [2.45, 2.75) is 26.7 Å². The monoisotopic (exact) mass is 235 g/mol. The molecule has 1 aromatic rings. The van der Waals surface area contributed by atoms with Gasteiger partial charge in [0.1, 0.15) is 5.82 Å². The highest BCUT2D eigenvalue weighted by molar-refractivity contribution is 5.31. The Labute approximate surface area is 104 Å². The number of halogens is 1. The molecule has 0 aliphatic carbocycles. The van der Waals surface area contributed by atoms with Crippen LogP contribution in [0.4, 0.5) is 4.39 Å². The number of hydrogen-bond donors (Lipinski definition) is 1. The minimum absolute atomic E-state index is 0.0515. The fourth-order valence-corrected chi connectivity index (χ4v) is 1.86. The highest BCUT2D eigenvalue weighted by atomic mass is 19.1. The maximum absolute atomic E-state index is 12.9. The topological polar surface area (TPSA) is 12.0 Å². The second kappa shape index (κ2) is 5.46. The molecule has 1 N–H and O–H groups in total. The van der Waals surface area contributed by atoms with Crippen LogP contribution in [0.3, 0.4) is 0 Å². The van der Waals surface area contributed by atoms with Crippen LogP contribution in [-0.4, -0.2) is 13.6 Å². The first kappa shape index (κ1) is 13.9. The van der Waals surface area contributed by atoms with E-state index >= 15 is 0 Å².